The molecule has 1 rings (SSSR count). The summed E-state index contributed by atoms with van der Waals surface area (Å²) in [7, 11) is -2.99. The van der Waals surface area contributed by atoms with Crippen LogP contribution in [-0.2, 0) is 10.0 Å². The molecule has 1 fully saturated rings. The highest BCUT2D eigenvalue weighted by atomic mass is 35.5. The number of hydrogen-bond donors (Lipinski definition) is 1. The lowest BCUT2D eigenvalue weighted by molar-refractivity contribution is 0.263. The zero-order chi connectivity index (χ0) is 9.19. The van der Waals surface area contributed by atoms with E-state index in [-0.39, 0.29) is 18.4 Å². The molecule has 1 saturated heterocycles. The second-order valence-corrected chi connectivity index (χ2v) is 5.07. The second-order valence-electron chi connectivity index (χ2n) is 3.14. The smallest absolute Gasteiger partial charge is 0.211 e. The van der Waals surface area contributed by atoms with Crippen LogP contribution in [0.3, 0.4) is 0 Å². The average molecular weight is 229 g/mol. The summed E-state index contributed by atoms with van der Waals surface area (Å²) in [5.74, 6) is 0. The zero-order valence-corrected chi connectivity index (χ0v) is 9.62. The molecule has 0 aromatic heterocycles. The van der Waals surface area contributed by atoms with Crippen LogP contribution in [0.1, 0.15) is 13.3 Å². The predicted octanol–water partition coefficient (Wildman–Crippen LogP) is 0.0516. The van der Waals surface area contributed by atoms with Gasteiger partial charge in [0.2, 0.25) is 10.0 Å². The summed E-state index contributed by atoms with van der Waals surface area (Å²) < 4.78 is 24.1. The van der Waals surface area contributed by atoms with E-state index >= 15 is 0 Å². The molecule has 0 radical (unpaired) electrons. The molecule has 0 bridgehead atoms. The molecule has 1 aliphatic rings. The van der Waals surface area contributed by atoms with Gasteiger partial charge in [-0.25, -0.2) is 8.42 Å². The van der Waals surface area contributed by atoms with E-state index in [1.54, 1.807) is 4.31 Å². The minimum atomic E-state index is -2.99. The molecular weight excluding hydrogens is 212 g/mol. The topological polar surface area (TPSA) is 49.4 Å². The molecule has 1 N–H and O–H groups in total. The van der Waals surface area contributed by atoms with Gasteiger partial charge in [0.05, 0.1) is 6.26 Å². The van der Waals surface area contributed by atoms with E-state index in [1.165, 1.54) is 6.26 Å². The zero-order valence-electron chi connectivity index (χ0n) is 7.99. The van der Waals surface area contributed by atoms with Crippen molar-refractivity contribution in [2.24, 2.45) is 0 Å². The summed E-state index contributed by atoms with van der Waals surface area (Å²) in [4.78, 5) is 0. The van der Waals surface area contributed by atoms with Gasteiger partial charge in [-0.2, -0.15) is 4.31 Å². The van der Waals surface area contributed by atoms with Crippen LogP contribution in [-0.4, -0.2) is 44.7 Å². The molecule has 0 aromatic rings. The van der Waals surface area contributed by atoms with Gasteiger partial charge in [-0.3, -0.25) is 0 Å². The van der Waals surface area contributed by atoms with E-state index in [0.29, 0.717) is 6.54 Å². The van der Waals surface area contributed by atoms with Crippen molar-refractivity contribution < 1.29 is 8.42 Å². The number of piperazine rings is 1. The SMILES string of the molecule is CC[C@@H]1CNCCN1S(C)(=O)=O.Cl. The highest BCUT2D eigenvalue weighted by molar-refractivity contribution is 7.88. The minimum Gasteiger partial charge on any atom is -0.314 e. The van der Waals surface area contributed by atoms with E-state index in [1.807, 2.05) is 6.92 Å². The van der Waals surface area contributed by atoms with E-state index in [2.05, 4.69) is 5.32 Å². The average Bonchev–Trinajstić information content (AvgIpc) is 2.03. The Kier molecular flexibility index (Phi) is 5.21. The Balaban J connectivity index is 0.00000144. The number of sulfonamides is 1. The molecule has 0 amide bonds. The minimum absolute atomic E-state index is 0. The Labute approximate surface area is 86.1 Å². The third kappa shape index (κ3) is 3.42. The summed E-state index contributed by atoms with van der Waals surface area (Å²) in [6.07, 6.45) is 2.15. The van der Waals surface area contributed by atoms with Gasteiger partial charge in [0.25, 0.3) is 0 Å². The van der Waals surface area contributed by atoms with Gasteiger partial charge in [-0.15, -0.1) is 12.4 Å². The summed E-state index contributed by atoms with van der Waals surface area (Å²) in [5, 5.41) is 3.18. The molecule has 1 aliphatic heterocycles. The number of nitrogens with zero attached hydrogens (tertiary/aromatic N) is 1. The van der Waals surface area contributed by atoms with Gasteiger partial charge in [0.1, 0.15) is 0 Å². The molecule has 0 spiro atoms. The van der Waals surface area contributed by atoms with Crippen LogP contribution in [0.15, 0.2) is 0 Å². The maximum absolute atomic E-state index is 11.3. The molecule has 0 aromatic carbocycles. The van der Waals surface area contributed by atoms with E-state index < -0.39 is 10.0 Å². The van der Waals surface area contributed by atoms with Gasteiger partial charge in [0.15, 0.2) is 0 Å². The first-order chi connectivity index (χ1) is 5.55. The van der Waals surface area contributed by atoms with Gasteiger partial charge in [-0.1, -0.05) is 6.92 Å². The van der Waals surface area contributed by atoms with Gasteiger partial charge in [0, 0.05) is 25.7 Å². The first-order valence-electron chi connectivity index (χ1n) is 4.23. The molecule has 0 unspecified atom stereocenters. The van der Waals surface area contributed by atoms with Crippen LogP contribution in [0.2, 0.25) is 0 Å². The molecule has 1 heterocycles. The maximum atomic E-state index is 11.3. The van der Waals surface area contributed by atoms with Crippen molar-refractivity contribution in [3.8, 4) is 0 Å². The Hall–Kier alpha value is 0.160. The molecule has 0 saturated carbocycles. The van der Waals surface area contributed by atoms with Gasteiger partial charge in [-0.05, 0) is 6.42 Å². The quantitative estimate of drug-likeness (QED) is 0.727. The summed E-state index contributed by atoms with van der Waals surface area (Å²) in [6, 6.07) is 0.147. The Morgan fingerprint density at radius 2 is 2.15 bits per heavy atom. The van der Waals surface area contributed by atoms with Crippen LogP contribution in [0, 0.1) is 0 Å². The first kappa shape index (κ1) is 13.2. The molecule has 4 nitrogen and oxygen atoms in total. The summed E-state index contributed by atoms with van der Waals surface area (Å²) in [5.41, 5.74) is 0. The number of nitrogens with one attached hydrogen (secondary N) is 1. The largest absolute Gasteiger partial charge is 0.314 e. The fourth-order valence-corrected chi connectivity index (χ4v) is 2.72. The molecule has 1 atom stereocenters. The predicted molar refractivity (Wildman–Crippen MR) is 55.7 cm³/mol. The summed E-state index contributed by atoms with van der Waals surface area (Å²) >= 11 is 0. The van der Waals surface area contributed by atoms with Crippen LogP contribution in [0.25, 0.3) is 0 Å². The van der Waals surface area contributed by atoms with Gasteiger partial charge < -0.3 is 5.32 Å². The van der Waals surface area contributed by atoms with Crippen LogP contribution in [0.4, 0.5) is 0 Å². The monoisotopic (exact) mass is 228 g/mol. The van der Waals surface area contributed by atoms with E-state index in [4.69, 9.17) is 0 Å². The lowest BCUT2D eigenvalue weighted by Gasteiger charge is -2.33. The van der Waals surface area contributed by atoms with Crippen LogP contribution < -0.4 is 5.32 Å². The van der Waals surface area contributed by atoms with Crippen LogP contribution in [0.5, 0.6) is 0 Å². The van der Waals surface area contributed by atoms with Crippen molar-refractivity contribution in [3.05, 3.63) is 0 Å². The highest BCUT2D eigenvalue weighted by Gasteiger charge is 2.27. The third-order valence-corrected chi connectivity index (χ3v) is 3.53. The molecule has 13 heavy (non-hydrogen) atoms. The molecule has 6 heteroatoms. The first-order valence-corrected chi connectivity index (χ1v) is 6.08. The van der Waals surface area contributed by atoms with E-state index in [0.717, 1.165) is 19.5 Å². The van der Waals surface area contributed by atoms with Gasteiger partial charge >= 0.3 is 0 Å². The molecular formula is C7H17ClN2O2S. The van der Waals surface area contributed by atoms with Crippen molar-refractivity contribution in [2.75, 3.05) is 25.9 Å². The third-order valence-electron chi connectivity index (χ3n) is 2.19. The van der Waals surface area contributed by atoms with Crippen molar-refractivity contribution >= 4 is 22.4 Å². The Morgan fingerprint density at radius 3 is 2.54 bits per heavy atom. The standard InChI is InChI=1S/C7H16N2O2S.ClH/c1-3-7-6-8-4-5-9(7)12(2,10)11;/h7-8H,3-6H2,1-2H3;1H/t7-;/m1./s1. The maximum Gasteiger partial charge on any atom is 0.211 e. The second kappa shape index (κ2) is 5.14. The summed E-state index contributed by atoms with van der Waals surface area (Å²) in [6.45, 7) is 4.17. The van der Waals surface area contributed by atoms with Crippen molar-refractivity contribution in [3.63, 3.8) is 0 Å². The number of halogens is 1. The molecule has 80 valence electrons. The fourth-order valence-electron chi connectivity index (χ4n) is 1.53. The van der Waals surface area contributed by atoms with Crippen molar-refractivity contribution in [1.82, 2.24) is 9.62 Å². The lowest BCUT2D eigenvalue weighted by Crippen LogP contribution is -2.52. The molecule has 0 aliphatic carbocycles. The van der Waals surface area contributed by atoms with Crippen LogP contribution >= 0.6 is 12.4 Å². The van der Waals surface area contributed by atoms with Crippen molar-refractivity contribution in [2.45, 2.75) is 19.4 Å². The fraction of sp³-hybridized carbons (Fsp3) is 1.00. The normalized spacial score (nSPS) is 25.2. The highest BCUT2D eigenvalue weighted by Crippen LogP contribution is 2.10. The lowest BCUT2D eigenvalue weighted by atomic mass is 10.2. The Bertz CT molecular complexity index is 243. The number of hydrogen-bond acceptors (Lipinski definition) is 3. The number of rotatable bonds is 2. The van der Waals surface area contributed by atoms with Crippen molar-refractivity contribution in [1.29, 1.82) is 0 Å². The van der Waals surface area contributed by atoms with E-state index in [9.17, 15) is 8.42 Å². The Morgan fingerprint density at radius 1 is 1.54 bits per heavy atom.